The van der Waals surface area contributed by atoms with Crippen LogP contribution in [-0.2, 0) is 6.42 Å². The van der Waals surface area contributed by atoms with Crippen molar-refractivity contribution in [2.24, 2.45) is 0 Å². The van der Waals surface area contributed by atoms with Crippen LogP contribution in [0, 0.1) is 0 Å². The molecular formula is C16H23BrO4. The number of halogens is 1. The SMILES string of the molecule is O=C(O)c1c(CCCCCCCCCBr)ccc(O)c1O. The van der Waals surface area contributed by atoms with Crippen molar-refractivity contribution in [1.82, 2.24) is 0 Å². The van der Waals surface area contributed by atoms with Crippen molar-refractivity contribution in [3.05, 3.63) is 23.3 Å². The minimum atomic E-state index is -1.20. The predicted molar refractivity (Wildman–Crippen MR) is 86.5 cm³/mol. The van der Waals surface area contributed by atoms with Gasteiger partial charge in [-0.15, -0.1) is 0 Å². The number of aromatic carboxylic acids is 1. The summed E-state index contributed by atoms with van der Waals surface area (Å²) in [5.74, 6) is -2.12. The molecule has 5 heteroatoms. The lowest BCUT2D eigenvalue weighted by molar-refractivity contribution is 0.0691. The van der Waals surface area contributed by atoms with E-state index in [9.17, 15) is 15.0 Å². The number of phenolic OH excluding ortho intramolecular Hbond substituents is 1. The number of phenols is 2. The van der Waals surface area contributed by atoms with E-state index in [1.54, 1.807) is 6.07 Å². The number of benzene rings is 1. The molecule has 1 aromatic rings. The standard InChI is InChI=1S/C16H23BrO4/c17-11-7-5-3-1-2-4-6-8-12-9-10-13(18)15(19)14(12)16(20)21/h9-10,18-19H,1-8,11H2,(H,20,21). The summed E-state index contributed by atoms with van der Waals surface area (Å²) in [6.07, 6.45) is 8.62. The number of carbonyl (C=O) groups is 1. The molecule has 21 heavy (non-hydrogen) atoms. The van der Waals surface area contributed by atoms with Crippen LogP contribution < -0.4 is 0 Å². The number of hydrogen-bond acceptors (Lipinski definition) is 3. The van der Waals surface area contributed by atoms with Crippen LogP contribution in [0.2, 0.25) is 0 Å². The summed E-state index contributed by atoms with van der Waals surface area (Å²) in [5, 5.41) is 29.2. The Bertz CT molecular complexity index is 460. The Labute approximate surface area is 133 Å². The highest BCUT2D eigenvalue weighted by Gasteiger charge is 2.18. The number of alkyl halides is 1. The second-order valence-corrected chi connectivity index (χ2v) is 5.98. The lowest BCUT2D eigenvalue weighted by Crippen LogP contribution is -2.03. The Kier molecular flexibility index (Phi) is 8.20. The average molecular weight is 359 g/mol. The van der Waals surface area contributed by atoms with Crippen LogP contribution in [0.3, 0.4) is 0 Å². The molecule has 0 spiro atoms. The monoisotopic (exact) mass is 358 g/mol. The van der Waals surface area contributed by atoms with Gasteiger partial charge in [-0.2, -0.15) is 0 Å². The number of aryl methyl sites for hydroxylation is 1. The van der Waals surface area contributed by atoms with E-state index in [1.165, 1.54) is 31.7 Å². The Hall–Kier alpha value is -1.23. The molecule has 1 aromatic carbocycles. The van der Waals surface area contributed by atoms with Gasteiger partial charge in [0.05, 0.1) is 0 Å². The molecule has 0 aliphatic heterocycles. The summed E-state index contributed by atoms with van der Waals surface area (Å²) in [6, 6.07) is 2.92. The van der Waals surface area contributed by atoms with Gasteiger partial charge >= 0.3 is 5.97 Å². The Morgan fingerprint density at radius 2 is 1.52 bits per heavy atom. The maximum atomic E-state index is 11.2. The minimum absolute atomic E-state index is 0.174. The Morgan fingerprint density at radius 3 is 2.10 bits per heavy atom. The highest BCUT2D eigenvalue weighted by Crippen LogP contribution is 2.32. The molecule has 4 nitrogen and oxygen atoms in total. The smallest absolute Gasteiger partial charge is 0.339 e. The first kappa shape index (κ1) is 17.8. The highest BCUT2D eigenvalue weighted by molar-refractivity contribution is 9.09. The van der Waals surface area contributed by atoms with E-state index < -0.39 is 11.7 Å². The van der Waals surface area contributed by atoms with E-state index in [4.69, 9.17) is 5.11 Å². The quantitative estimate of drug-likeness (QED) is 0.327. The predicted octanol–water partition coefficient (Wildman–Crippen LogP) is 4.46. The van der Waals surface area contributed by atoms with Crippen LogP contribution >= 0.6 is 15.9 Å². The summed E-state index contributed by atoms with van der Waals surface area (Å²) in [7, 11) is 0. The van der Waals surface area contributed by atoms with Crippen molar-refractivity contribution >= 4 is 21.9 Å². The van der Waals surface area contributed by atoms with E-state index in [-0.39, 0.29) is 11.3 Å². The summed E-state index contributed by atoms with van der Waals surface area (Å²) >= 11 is 3.41. The van der Waals surface area contributed by atoms with Crippen LogP contribution in [0.25, 0.3) is 0 Å². The summed E-state index contributed by atoms with van der Waals surface area (Å²) in [4.78, 5) is 11.2. The third-order valence-electron chi connectivity index (χ3n) is 3.54. The summed E-state index contributed by atoms with van der Waals surface area (Å²) in [6.45, 7) is 0. The van der Waals surface area contributed by atoms with Gasteiger partial charge in [0.25, 0.3) is 0 Å². The molecule has 1 rings (SSSR count). The summed E-state index contributed by atoms with van der Waals surface area (Å²) < 4.78 is 0. The molecule has 0 aromatic heterocycles. The van der Waals surface area contributed by atoms with Crippen LogP contribution in [0.1, 0.15) is 60.9 Å². The molecule has 0 bridgehead atoms. The first-order valence-electron chi connectivity index (χ1n) is 7.41. The van der Waals surface area contributed by atoms with Crippen molar-refractivity contribution in [3.63, 3.8) is 0 Å². The van der Waals surface area contributed by atoms with E-state index >= 15 is 0 Å². The van der Waals surface area contributed by atoms with Gasteiger partial charge in [-0.05, 0) is 30.9 Å². The van der Waals surface area contributed by atoms with Gasteiger partial charge < -0.3 is 15.3 Å². The van der Waals surface area contributed by atoms with Gasteiger partial charge in [-0.25, -0.2) is 4.79 Å². The van der Waals surface area contributed by atoms with Gasteiger partial charge in [0.1, 0.15) is 5.56 Å². The van der Waals surface area contributed by atoms with E-state index in [1.807, 2.05) is 0 Å². The van der Waals surface area contributed by atoms with Gasteiger partial charge in [-0.1, -0.05) is 54.1 Å². The molecule has 0 heterocycles. The maximum Gasteiger partial charge on any atom is 0.339 e. The molecule has 0 saturated carbocycles. The Morgan fingerprint density at radius 1 is 0.952 bits per heavy atom. The van der Waals surface area contributed by atoms with Crippen molar-refractivity contribution in [2.45, 2.75) is 51.4 Å². The molecule has 0 atom stereocenters. The first-order chi connectivity index (χ1) is 10.1. The lowest BCUT2D eigenvalue weighted by Gasteiger charge is -2.09. The molecule has 0 unspecified atom stereocenters. The second kappa shape index (κ2) is 9.66. The van der Waals surface area contributed by atoms with Gasteiger partial charge in [0.15, 0.2) is 11.5 Å². The fourth-order valence-electron chi connectivity index (χ4n) is 2.36. The number of aromatic hydroxyl groups is 2. The molecule has 118 valence electrons. The normalized spacial score (nSPS) is 10.7. The van der Waals surface area contributed by atoms with Crippen LogP contribution in [0.15, 0.2) is 12.1 Å². The zero-order chi connectivity index (χ0) is 15.7. The number of hydrogen-bond donors (Lipinski definition) is 3. The van der Waals surface area contributed by atoms with Crippen LogP contribution in [0.5, 0.6) is 11.5 Å². The average Bonchev–Trinajstić information content (AvgIpc) is 2.45. The summed E-state index contributed by atoms with van der Waals surface area (Å²) in [5.41, 5.74) is 0.407. The van der Waals surface area contributed by atoms with Crippen molar-refractivity contribution < 1.29 is 20.1 Å². The zero-order valence-electron chi connectivity index (χ0n) is 12.1. The van der Waals surface area contributed by atoms with E-state index in [0.717, 1.165) is 24.6 Å². The largest absolute Gasteiger partial charge is 0.504 e. The van der Waals surface area contributed by atoms with Crippen molar-refractivity contribution in [2.75, 3.05) is 5.33 Å². The minimum Gasteiger partial charge on any atom is -0.504 e. The molecule has 0 aliphatic rings. The fourth-order valence-corrected chi connectivity index (χ4v) is 2.76. The molecule has 3 N–H and O–H groups in total. The molecule has 0 fully saturated rings. The fraction of sp³-hybridized carbons (Fsp3) is 0.562. The molecule has 0 aliphatic carbocycles. The third kappa shape index (κ3) is 5.96. The molecule has 0 amide bonds. The third-order valence-corrected chi connectivity index (χ3v) is 4.10. The van der Waals surface area contributed by atoms with E-state index in [2.05, 4.69) is 15.9 Å². The maximum absolute atomic E-state index is 11.2. The number of carboxylic acid groups (broad SMARTS) is 1. The van der Waals surface area contributed by atoms with Crippen LogP contribution in [0.4, 0.5) is 0 Å². The Balaban J connectivity index is 2.39. The lowest BCUT2D eigenvalue weighted by atomic mass is 9.99. The molecular weight excluding hydrogens is 336 g/mol. The topological polar surface area (TPSA) is 77.8 Å². The molecule has 0 saturated heterocycles. The van der Waals surface area contributed by atoms with Gasteiger partial charge in [0, 0.05) is 5.33 Å². The van der Waals surface area contributed by atoms with Gasteiger partial charge in [0.2, 0.25) is 0 Å². The van der Waals surface area contributed by atoms with Gasteiger partial charge in [-0.3, -0.25) is 0 Å². The highest BCUT2D eigenvalue weighted by atomic mass is 79.9. The van der Waals surface area contributed by atoms with Crippen molar-refractivity contribution in [1.29, 1.82) is 0 Å². The molecule has 0 radical (unpaired) electrons. The number of carboxylic acids is 1. The van der Waals surface area contributed by atoms with E-state index in [0.29, 0.717) is 12.0 Å². The first-order valence-corrected chi connectivity index (χ1v) is 8.53. The van der Waals surface area contributed by atoms with Crippen molar-refractivity contribution in [3.8, 4) is 11.5 Å². The van der Waals surface area contributed by atoms with Crippen LogP contribution in [-0.4, -0.2) is 26.6 Å². The second-order valence-electron chi connectivity index (χ2n) is 5.19. The number of unbranched alkanes of at least 4 members (excludes halogenated alkanes) is 6. The number of rotatable bonds is 10. The zero-order valence-corrected chi connectivity index (χ0v) is 13.7.